The van der Waals surface area contributed by atoms with Crippen LogP contribution in [0.25, 0.3) is 0 Å². The first-order valence-electron chi connectivity index (χ1n) is 6.89. The smallest absolute Gasteiger partial charge is 0.122 e. The van der Waals surface area contributed by atoms with Gasteiger partial charge < -0.3 is 10.1 Å². The first kappa shape index (κ1) is 13.4. The van der Waals surface area contributed by atoms with Gasteiger partial charge in [0.2, 0.25) is 0 Å². The molecule has 18 heavy (non-hydrogen) atoms. The summed E-state index contributed by atoms with van der Waals surface area (Å²) in [6.45, 7) is 10.6. The van der Waals surface area contributed by atoms with E-state index in [1.54, 1.807) is 0 Å². The molecule has 0 amide bonds. The van der Waals surface area contributed by atoms with Gasteiger partial charge in [0.15, 0.2) is 0 Å². The zero-order valence-corrected chi connectivity index (χ0v) is 11.5. The van der Waals surface area contributed by atoms with Crippen LogP contribution in [0.3, 0.4) is 0 Å². The predicted molar refractivity (Wildman–Crippen MR) is 75.3 cm³/mol. The van der Waals surface area contributed by atoms with E-state index in [2.05, 4.69) is 42.3 Å². The number of rotatable bonds is 4. The molecule has 0 radical (unpaired) electrons. The highest BCUT2D eigenvalue weighted by atomic mass is 16.5. The average Bonchev–Trinajstić information content (AvgIpc) is 2.63. The van der Waals surface area contributed by atoms with E-state index in [1.165, 1.54) is 24.1 Å². The number of ether oxygens (including phenoxy) is 1. The fourth-order valence-corrected chi connectivity index (χ4v) is 2.29. The molecule has 0 aliphatic carbocycles. The van der Waals surface area contributed by atoms with Crippen molar-refractivity contribution in [3.63, 3.8) is 0 Å². The summed E-state index contributed by atoms with van der Waals surface area (Å²) in [6, 6.07) is 6.25. The summed E-state index contributed by atoms with van der Waals surface area (Å²) in [5.74, 6) is 1.03. The van der Waals surface area contributed by atoms with Crippen LogP contribution in [0.15, 0.2) is 18.2 Å². The number of hydrogen-bond acceptors (Lipinski definition) is 3. The summed E-state index contributed by atoms with van der Waals surface area (Å²) in [7, 11) is 0. The van der Waals surface area contributed by atoms with Gasteiger partial charge in [-0.25, -0.2) is 0 Å². The molecule has 1 fully saturated rings. The van der Waals surface area contributed by atoms with Gasteiger partial charge in [0.1, 0.15) is 12.4 Å². The van der Waals surface area contributed by atoms with Crippen molar-refractivity contribution in [3.05, 3.63) is 29.3 Å². The van der Waals surface area contributed by atoms with Crippen molar-refractivity contribution in [2.75, 3.05) is 39.3 Å². The number of aryl methyl sites for hydroxylation is 1. The van der Waals surface area contributed by atoms with Gasteiger partial charge in [-0.2, -0.15) is 0 Å². The lowest BCUT2D eigenvalue weighted by Crippen LogP contribution is -2.31. The van der Waals surface area contributed by atoms with E-state index in [-0.39, 0.29) is 0 Å². The van der Waals surface area contributed by atoms with Gasteiger partial charge >= 0.3 is 0 Å². The summed E-state index contributed by atoms with van der Waals surface area (Å²) in [4.78, 5) is 2.48. The molecule has 1 saturated heterocycles. The molecule has 1 heterocycles. The lowest BCUT2D eigenvalue weighted by Gasteiger charge is -2.20. The normalized spacial score (nSPS) is 17.4. The Morgan fingerprint density at radius 3 is 3.00 bits per heavy atom. The summed E-state index contributed by atoms with van der Waals surface area (Å²) in [6.07, 6.45) is 1.24. The van der Waals surface area contributed by atoms with Crippen LogP contribution in [0, 0.1) is 13.8 Å². The molecule has 3 heteroatoms. The van der Waals surface area contributed by atoms with Crippen LogP contribution in [0.2, 0.25) is 0 Å². The molecule has 3 nitrogen and oxygen atoms in total. The first-order chi connectivity index (χ1) is 8.77. The molecule has 100 valence electrons. The van der Waals surface area contributed by atoms with E-state index >= 15 is 0 Å². The summed E-state index contributed by atoms with van der Waals surface area (Å²) in [5.41, 5.74) is 2.56. The fourth-order valence-electron chi connectivity index (χ4n) is 2.29. The minimum absolute atomic E-state index is 0.782. The van der Waals surface area contributed by atoms with Crippen LogP contribution in [-0.2, 0) is 0 Å². The molecular formula is C15H24N2O. The zero-order valence-electron chi connectivity index (χ0n) is 11.5. The van der Waals surface area contributed by atoms with Crippen molar-refractivity contribution >= 4 is 0 Å². The lowest BCUT2D eigenvalue weighted by atomic mass is 10.1. The number of nitrogens with zero attached hydrogens (tertiary/aromatic N) is 1. The van der Waals surface area contributed by atoms with Crippen molar-refractivity contribution < 1.29 is 4.74 Å². The first-order valence-corrected chi connectivity index (χ1v) is 6.89. The molecular weight excluding hydrogens is 224 g/mol. The Morgan fingerprint density at radius 2 is 2.11 bits per heavy atom. The Morgan fingerprint density at radius 1 is 1.22 bits per heavy atom. The van der Waals surface area contributed by atoms with Crippen molar-refractivity contribution in [1.29, 1.82) is 0 Å². The molecule has 1 aromatic rings. The number of hydrogen-bond donors (Lipinski definition) is 1. The van der Waals surface area contributed by atoms with Crippen LogP contribution < -0.4 is 10.1 Å². The quantitative estimate of drug-likeness (QED) is 0.882. The van der Waals surface area contributed by atoms with E-state index in [0.29, 0.717) is 0 Å². The molecule has 0 bridgehead atoms. The predicted octanol–water partition coefficient (Wildman–Crippen LogP) is 1.98. The second-order valence-electron chi connectivity index (χ2n) is 4.99. The van der Waals surface area contributed by atoms with Crippen LogP contribution >= 0.6 is 0 Å². The standard InChI is InChI=1S/C15H24N2O/c1-13-5-3-6-15(14(13)2)18-12-11-17-9-4-7-16-8-10-17/h3,5-6,16H,4,7-12H2,1-2H3. The maximum atomic E-state index is 5.90. The average molecular weight is 248 g/mol. The molecule has 1 aromatic carbocycles. The van der Waals surface area contributed by atoms with E-state index in [1.807, 2.05) is 0 Å². The molecule has 0 unspecified atom stereocenters. The second-order valence-corrected chi connectivity index (χ2v) is 4.99. The molecule has 0 atom stereocenters. The topological polar surface area (TPSA) is 24.5 Å². The molecule has 1 aliphatic rings. The van der Waals surface area contributed by atoms with E-state index < -0.39 is 0 Å². The van der Waals surface area contributed by atoms with Gasteiger partial charge in [-0.05, 0) is 50.6 Å². The third kappa shape index (κ3) is 3.72. The van der Waals surface area contributed by atoms with Gasteiger partial charge in [-0.15, -0.1) is 0 Å². The minimum Gasteiger partial charge on any atom is -0.492 e. The van der Waals surface area contributed by atoms with Crippen LogP contribution in [-0.4, -0.2) is 44.2 Å². The van der Waals surface area contributed by atoms with Crippen molar-refractivity contribution in [2.24, 2.45) is 0 Å². The highest BCUT2D eigenvalue weighted by molar-refractivity contribution is 5.38. The molecule has 1 N–H and O–H groups in total. The SMILES string of the molecule is Cc1cccc(OCCN2CCCNCC2)c1C. The Kier molecular flexibility index (Phi) is 5.02. The minimum atomic E-state index is 0.782. The lowest BCUT2D eigenvalue weighted by molar-refractivity contribution is 0.217. The van der Waals surface area contributed by atoms with E-state index in [0.717, 1.165) is 38.5 Å². The Hall–Kier alpha value is -1.06. The molecule has 1 aliphatic heterocycles. The highest BCUT2D eigenvalue weighted by Gasteiger charge is 2.08. The maximum Gasteiger partial charge on any atom is 0.122 e. The Bertz CT molecular complexity index is 371. The van der Waals surface area contributed by atoms with E-state index in [4.69, 9.17) is 4.74 Å². The summed E-state index contributed by atoms with van der Waals surface area (Å²) < 4.78 is 5.90. The molecule has 0 aromatic heterocycles. The highest BCUT2D eigenvalue weighted by Crippen LogP contribution is 2.20. The zero-order chi connectivity index (χ0) is 12.8. The Labute approximate surface area is 110 Å². The number of nitrogens with one attached hydrogen (secondary N) is 1. The largest absolute Gasteiger partial charge is 0.492 e. The fraction of sp³-hybridized carbons (Fsp3) is 0.600. The number of benzene rings is 1. The van der Waals surface area contributed by atoms with Crippen molar-refractivity contribution in [2.45, 2.75) is 20.3 Å². The maximum absolute atomic E-state index is 5.90. The van der Waals surface area contributed by atoms with Gasteiger partial charge in [0, 0.05) is 19.6 Å². The summed E-state index contributed by atoms with van der Waals surface area (Å²) in [5, 5.41) is 3.42. The van der Waals surface area contributed by atoms with Crippen LogP contribution in [0.4, 0.5) is 0 Å². The molecule has 2 rings (SSSR count). The van der Waals surface area contributed by atoms with Gasteiger partial charge in [-0.3, -0.25) is 4.90 Å². The van der Waals surface area contributed by atoms with Crippen molar-refractivity contribution in [1.82, 2.24) is 10.2 Å². The third-order valence-corrected chi connectivity index (χ3v) is 3.65. The van der Waals surface area contributed by atoms with Crippen LogP contribution in [0.1, 0.15) is 17.5 Å². The summed E-state index contributed by atoms with van der Waals surface area (Å²) >= 11 is 0. The third-order valence-electron chi connectivity index (χ3n) is 3.65. The van der Waals surface area contributed by atoms with Gasteiger partial charge in [0.05, 0.1) is 0 Å². The van der Waals surface area contributed by atoms with E-state index in [9.17, 15) is 0 Å². The van der Waals surface area contributed by atoms with Crippen LogP contribution in [0.5, 0.6) is 5.75 Å². The van der Waals surface area contributed by atoms with Crippen molar-refractivity contribution in [3.8, 4) is 5.75 Å². The monoisotopic (exact) mass is 248 g/mol. The molecule has 0 saturated carbocycles. The molecule has 0 spiro atoms. The second kappa shape index (κ2) is 6.76. The van der Waals surface area contributed by atoms with Gasteiger partial charge in [-0.1, -0.05) is 12.1 Å². The van der Waals surface area contributed by atoms with Gasteiger partial charge in [0.25, 0.3) is 0 Å². The Balaban J connectivity index is 1.79.